The second-order valence-electron chi connectivity index (χ2n) is 5.39. The predicted octanol–water partition coefficient (Wildman–Crippen LogP) is 2.23. The summed E-state index contributed by atoms with van der Waals surface area (Å²) in [6.45, 7) is 6.49. The van der Waals surface area contributed by atoms with Crippen molar-refractivity contribution in [2.45, 2.75) is 32.7 Å². The monoisotopic (exact) mass is 279 g/mol. The predicted molar refractivity (Wildman–Crippen MR) is 78.9 cm³/mol. The summed E-state index contributed by atoms with van der Waals surface area (Å²) in [6.07, 6.45) is 4.04. The number of likely N-dealkylation sites (tertiary alicyclic amines) is 1. The van der Waals surface area contributed by atoms with Crippen LogP contribution in [-0.2, 0) is 13.6 Å². The largest absolute Gasteiger partial charge is 0.328 e. The minimum atomic E-state index is 0.808. The summed E-state index contributed by atoms with van der Waals surface area (Å²) in [5.41, 5.74) is 3.20. The standard InChI is InChI=1S/C13H21N5S/c1-10-11-12(16(2)15-10)18(13(19)14-11)9-8-17-6-4-3-5-7-17/h3-9H2,1-2H3,(H,14,19). The Labute approximate surface area is 118 Å². The van der Waals surface area contributed by atoms with Crippen molar-refractivity contribution in [3.63, 3.8) is 0 Å². The first kappa shape index (κ1) is 12.9. The Morgan fingerprint density at radius 2 is 1.95 bits per heavy atom. The van der Waals surface area contributed by atoms with Gasteiger partial charge >= 0.3 is 0 Å². The summed E-state index contributed by atoms with van der Waals surface area (Å²) in [5, 5.41) is 4.45. The van der Waals surface area contributed by atoms with Gasteiger partial charge in [-0.05, 0) is 45.1 Å². The van der Waals surface area contributed by atoms with E-state index in [4.69, 9.17) is 12.2 Å². The summed E-state index contributed by atoms with van der Waals surface area (Å²) >= 11 is 5.44. The van der Waals surface area contributed by atoms with Gasteiger partial charge in [-0.3, -0.25) is 4.68 Å². The Balaban J connectivity index is 1.83. The molecular weight excluding hydrogens is 258 g/mol. The lowest BCUT2D eigenvalue weighted by Gasteiger charge is -2.26. The molecule has 5 nitrogen and oxygen atoms in total. The third-order valence-electron chi connectivity index (χ3n) is 4.01. The Bertz CT molecular complexity index is 629. The average Bonchev–Trinajstić information content (AvgIpc) is 2.87. The van der Waals surface area contributed by atoms with E-state index in [9.17, 15) is 0 Å². The van der Waals surface area contributed by atoms with Crippen LogP contribution >= 0.6 is 12.2 Å². The third kappa shape index (κ3) is 2.34. The van der Waals surface area contributed by atoms with Crippen molar-refractivity contribution in [1.29, 1.82) is 0 Å². The maximum Gasteiger partial charge on any atom is 0.179 e. The van der Waals surface area contributed by atoms with Crippen LogP contribution in [0.4, 0.5) is 0 Å². The summed E-state index contributed by atoms with van der Waals surface area (Å²) in [6, 6.07) is 0. The molecule has 0 saturated carbocycles. The topological polar surface area (TPSA) is 41.8 Å². The molecule has 6 heteroatoms. The molecule has 1 N–H and O–H groups in total. The van der Waals surface area contributed by atoms with Crippen molar-refractivity contribution in [2.75, 3.05) is 19.6 Å². The van der Waals surface area contributed by atoms with Crippen LogP contribution in [0.3, 0.4) is 0 Å². The minimum absolute atomic E-state index is 0.808. The molecule has 19 heavy (non-hydrogen) atoms. The molecule has 2 aromatic rings. The lowest BCUT2D eigenvalue weighted by Crippen LogP contribution is -2.32. The minimum Gasteiger partial charge on any atom is -0.328 e. The lowest BCUT2D eigenvalue weighted by molar-refractivity contribution is 0.221. The smallest absolute Gasteiger partial charge is 0.179 e. The molecule has 104 valence electrons. The summed E-state index contributed by atoms with van der Waals surface area (Å²) in [7, 11) is 1.98. The molecule has 2 aromatic heterocycles. The normalized spacial score (nSPS) is 17.4. The van der Waals surface area contributed by atoms with Crippen LogP contribution in [0.5, 0.6) is 0 Å². The summed E-state index contributed by atoms with van der Waals surface area (Å²) < 4.78 is 4.91. The second-order valence-corrected chi connectivity index (χ2v) is 5.78. The zero-order chi connectivity index (χ0) is 13.4. The van der Waals surface area contributed by atoms with E-state index in [-0.39, 0.29) is 0 Å². The molecule has 1 aliphatic heterocycles. The SMILES string of the molecule is Cc1nn(C)c2c1[nH]c(=S)n2CCN1CCCCC1. The van der Waals surface area contributed by atoms with Gasteiger partial charge in [-0.25, -0.2) is 0 Å². The van der Waals surface area contributed by atoms with Gasteiger partial charge in [0.15, 0.2) is 10.4 Å². The number of piperidine rings is 1. The van der Waals surface area contributed by atoms with Gasteiger partial charge in [-0.1, -0.05) is 6.42 Å². The quantitative estimate of drug-likeness (QED) is 0.876. The van der Waals surface area contributed by atoms with E-state index in [0.717, 1.165) is 34.7 Å². The van der Waals surface area contributed by atoms with Crippen molar-refractivity contribution in [2.24, 2.45) is 7.05 Å². The first-order valence-corrected chi connectivity index (χ1v) is 7.42. The lowest BCUT2D eigenvalue weighted by atomic mass is 10.1. The number of hydrogen-bond acceptors (Lipinski definition) is 3. The number of H-pyrrole nitrogens is 1. The van der Waals surface area contributed by atoms with Gasteiger partial charge in [0.1, 0.15) is 5.52 Å². The van der Waals surface area contributed by atoms with Crippen LogP contribution in [0.1, 0.15) is 25.0 Å². The van der Waals surface area contributed by atoms with E-state index >= 15 is 0 Å². The zero-order valence-electron chi connectivity index (χ0n) is 11.6. The number of fused-ring (bicyclic) bond motifs is 1. The second kappa shape index (κ2) is 5.09. The molecule has 0 unspecified atom stereocenters. The molecule has 0 spiro atoms. The van der Waals surface area contributed by atoms with E-state index < -0.39 is 0 Å². The number of nitrogens with zero attached hydrogens (tertiary/aromatic N) is 4. The van der Waals surface area contributed by atoms with Gasteiger partial charge in [0, 0.05) is 20.1 Å². The highest BCUT2D eigenvalue weighted by atomic mass is 32.1. The summed E-state index contributed by atoms with van der Waals surface area (Å²) in [5.74, 6) is 0. The Morgan fingerprint density at radius 1 is 1.21 bits per heavy atom. The van der Waals surface area contributed by atoms with Crippen molar-refractivity contribution in [3.8, 4) is 0 Å². The molecule has 0 bridgehead atoms. The van der Waals surface area contributed by atoms with Crippen molar-refractivity contribution in [3.05, 3.63) is 10.5 Å². The number of imidazole rings is 1. The first-order valence-electron chi connectivity index (χ1n) is 7.01. The fraction of sp³-hybridized carbons (Fsp3) is 0.692. The number of nitrogens with one attached hydrogen (secondary N) is 1. The Morgan fingerprint density at radius 3 is 2.68 bits per heavy atom. The molecule has 0 aliphatic carbocycles. The molecule has 0 radical (unpaired) electrons. The van der Waals surface area contributed by atoms with E-state index in [0.29, 0.717) is 0 Å². The van der Waals surface area contributed by atoms with Crippen LogP contribution < -0.4 is 0 Å². The van der Waals surface area contributed by atoms with Gasteiger partial charge in [0.05, 0.1) is 5.69 Å². The van der Waals surface area contributed by atoms with Crippen molar-refractivity contribution in [1.82, 2.24) is 24.2 Å². The molecule has 1 aliphatic rings. The van der Waals surface area contributed by atoms with Crippen molar-refractivity contribution >= 4 is 23.4 Å². The number of aromatic amines is 1. The van der Waals surface area contributed by atoms with Crippen LogP contribution in [0.15, 0.2) is 0 Å². The van der Waals surface area contributed by atoms with Gasteiger partial charge < -0.3 is 14.5 Å². The first-order chi connectivity index (χ1) is 9.16. The molecule has 0 amide bonds. The molecule has 0 aromatic carbocycles. The molecule has 3 rings (SSSR count). The number of hydrogen-bond donors (Lipinski definition) is 1. The number of aromatic nitrogens is 4. The summed E-state index contributed by atoms with van der Waals surface area (Å²) in [4.78, 5) is 5.81. The van der Waals surface area contributed by atoms with E-state index in [2.05, 4.69) is 19.5 Å². The average molecular weight is 279 g/mol. The fourth-order valence-electron chi connectivity index (χ4n) is 3.00. The molecule has 0 atom stereocenters. The van der Waals surface area contributed by atoms with E-state index in [1.54, 1.807) is 0 Å². The third-order valence-corrected chi connectivity index (χ3v) is 4.34. The molecular formula is C13H21N5S. The van der Waals surface area contributed by atoms with Gasteiger partial charge in [0.25, 0.3) is 0 Å². The van der Waals surface area contributed by atoms with Crippen LogP contribution in [-0.4, -0.2) is 43.9 Å². The Kier molecular flexibility index (Phi) is 3.45. The van der Waals surface area contributed by atoms with Crippen LogP contribution in [0.25, 0.3) is 11.2 Å². The maximum absolute atomic E-state index is 5.44. The Hall–Kier alpha value is -1.14. The molecule has 3 heterocycles. The highest BCUT2D eigenvalue weighted by molar-refractivity contribution is 7.71. The van der Waals surface area contributed by atoms with Crippen molar-refractivity contribution < 1.29 is 0 Å². The van der Waals surface area contributed by atoms with E-state index in [1.165, 1.54) is 32.4 Å². The molecule has 1 fully saturated rings. The number of aryl methyl sites for hydroxylation is 2. The number of rotatable bonds is 3. The van der Waals surface area contributed by atoms with Gasteiger partial charge in [-0.2, -0.15) is 5.10 Å². The van der Waals surface area contributed by atoms with Gasteiger partial charge in [0.2, 0.25) is 0 Å². The highest BCUT2D eigenvalue weighted by Crippen LogP contribution is 2.17. The van der Waals surface area contributed by atoms with Crippen LogP contribution in [0.2, 0.25) is 0 Å². The zero-order valence-corrected chi connectivity index (χ0v) is 12.5. The fourth-order valence-corrected chi connectivity index (χ4v) is 3.28. The maximum atomic E-state index is 5.44. The molecule has 1 saturated heterocycles. The highest BCUT2D eigenvalue weighted by Gasteiger charge is 2.14. The van der Waals surface area contributed by atoms with Crippen LogP contribution in [0, 0.1) is 11.7 Å². The van der Waals surface area contributed by atoms with Gasteiger partial charge in [-0.15, -0.1) is 0 Å². The van der Waals surface area contributed by atoms with E-state index in [1.807, 2.05) is 18.7 Å².